The molecule has 1 aliphatic heterocycles. The lowest BCUT2D eigenvalue weighted by Gasteiger charge is -2.23. The molecule has 0 spiro atoms. The minimum absolute atomic E-state index is 0.0529. The van der Waals surface area contributed by atoms with Crippen molar-refractivity contribution >= 4 is 5.91 Å². The molecule has 1 aromatic carbocycles. The molecule has 3 rings (SSSR count). The van der Waals surface area contributed by atoms with Crippen LogP contribution in [0.2, 0.25) is 0 Å². The van der Waals surface area contributed by atoms with E-state index in [1.54, 1.807) is 0 Å². The highest BCUT2D eigenvalue weighted by atomic mass is 19.4. The molecule has 1 saturated heterocycles. The molecule has 2 N–H and O–H groups in total. The molecular formula is C15H15F3N4O3. The number of rotatable bonds is 4. The van der Waals surface area contributed by atoms with Crippen LogP contribution in [0, 0.1) is 0 Å². The van der Waals surface area contributed by atoms with E-state index in [9.17, 15) is 18.0 Å². The zero-order valence-corrected chi connectivity index (χ0v) is 13.0. The lowest BCUT2D eigenvalue weighted by atomic mass is 10.1. The minimum Gasteiger partial charge on any atom is -0.378 e. The number of morpholine rings is 1. The van der Waals surface area contributed by atoms with E-state index < -0.39 is 12.1 Å². The predicted octanol–water partition coefficient (Wildman–Crippen LogP) is 1.47. The van der Waals surface area contributed by atoms with Crippen LogP contribution in [0.1, 0.15) is 16.2 Å². The number of nitrogens with zero attached hydrogens (tertiary/aromatic N) is 2. The van der Waals surface area contributed by atoms with Crippen LogP contribution < -0.4 is 10.6 Å². The van der Waals surface area contributed by atoms with Crippen molar-refractivity contribution in [3.63, 3.8) is 0 Å². The summed E-state index contributed by atoms with van der Waals surface area (Å²) in [6, 6.07) is 5.94. The van der Waals surface area contributed by atoms with Crippen molar-refractivity contribution in [3.05, 3.63) is 35.7 Å². The average Bonchev–Trinajstić information content (AvgIpc) is 3.11. The van der Waals surface area contributed by atoms with Gasteiger partial charge >= 0.3 is 12.1 Å². The molecule has 0 radical (unpaired) electrons. The van der Waals surface area contributed by atoms with Gasteiger partial charge in [-0.3, -0.25) is 4.79 Å². The van der Waals surface area contributed by atoms with Crippen molar-refractivity contribution in [2.45, 2.75) is 12.2 Å². The van der Waals surface area contributed by atoms with Gasteiger partial charge in [0.1, 0.15) is 0 Å². The Hall–Kier alpha value is -2.46. The summed E-state index contributed by atoms with van der Waals surface area (Å²) >= 11 is 0. The first-order valence-corrected chi connectivity index (χ1v) is 7.54. The molecule has 1 aromatic heterocycles. The Morgan fingerprint density at radius 3 is 2.68 bits per heavy atom. The van der Waals surface area contributed by atoms with E-state index in [1.807, 2.05) is 0 Å². The number of hydrogen-bond donors (Lipinski definition) is 2. The van der Waals surface area contributed by atoms with Gasteiger partial charge < -0.3 is 19.9 Å². The van der Waals surface area contributed by atoms with E-state index in [0.29, 0.717) is 30.9 Å². The summed E-state index contributed by atoms with van der Waals surface area (Å²) in [5, 5.41) is 9.28. The van der Waals surface area contributed by atoms with Crippen LogP contribution >= 0.6 is 0 Å². The van der Waals surface area contributed by atoms with Gasteiger partial charge in [0.2, 0.25) is 5.82 Å². The Morgan fingerprint density at radius 2 is 2.08 bits per heavy atom. The second kappa shape index (κ2) is 7.19. The first-order chi connectivity index (χ1) is 11.9. The van der Waals surface area contributed by atoms with Gasteiger partial charge in [-0.1, -0.05) is 17.3 Å². The third-order valence-corrected chi connectivity index (χ3v) is 3.58. The maximum absolute atomic E-state index is 12.5. The summed E-state index contributed by atoms with van der Waals surface area (Å²) < 4.78 is 46.9. The minimum atomic E-state index is -4.69. The van der Waals surface area contributed by atoms with Crippen LogP contribution in [-0.4, -0.2) is 48.4 Å². The van der Waals surface area contributed by atoms with Gasteiger partial charge in [0.05, 0.1) is 13.2 Å². The summed E-state index contributed by atoms with van der Waals surface area (Å²) in [7, 11) is 0. The number of ether oxygens (including phenoxy) is 1. The molecule has 10 heteroatoms. The summed E-state index contributed by atoms with van der Waals surface area (Å²) in [5.74, 6) is -1.89. The number of halogens is 3. The standard InChI is InChI=1S/C15H15F3N4O3/c16-15(17,18)14-21-12(22-25-14)9-1-3-10(4-2-9)13(23)20-7-11-8-24-6-5-19-11/h1-4,11,19H,5-8H2,(H,20,23)/t11-/m1/s1. The molecule has 1 aliphatic rings. The highest BCUT2D eigenvalue weighted by Gasteiger charge is 2.38. The highest BCUT2D eigenvalue weighted by molar-refractivity contribution is 5.94. The summed E-state index contributed by atoms with van der Waals surface area (Å²) in [5.41, 5.74) is 0.693. The van der Waals surface area contributed by atoms with Crippen molar-refractivity contribution in [3.8, 4) is 11.4 Å². The summed E-state index contributed by atoms with van der Waals surface area (Å²) in [6.45, 7) is 2.33. The Labute approximate surface area is 140 Å². The molecule has 1 atom stereocenters. The van der Waals surface area contributed by atoms with Crippen molar-refractivity contribution in [1.82, 2.24) is 20.8 Å². The van der Waals surface area contributed by atoms with Crippen LogP contribution in [0.25, 0.3) is 11.4 Å². The average molecular weight is 356 g/mol. The fourth-order valence-electron chi connectivity index (χ4n) is 2.30. The van der Waals surface area contributed by atoms with Gasteiger partial charge in [0, 0.05) is 30.3 Å². The third-order valence-electron chi connectivity index (χ3n) is 3.58. The van der Waals surface area contributed by atoms with Crippen molar-refractivity contribution in [2.75, 3.05) is 26.3 Å². The molecule has 0 unspecified atom stereocenters. The van der Waals surface area contributed by atoms with Gasteiger partial charge in [-0.2, -0.15) is 18.2 Å². The van der Waals surface area contributed by atoms with Crippen LogP contribution in [0.5, 0.6) is 0 Å². The lowest BCUT2D eigenvalue weighted by Crippen LogP contribution is -2.48. The van der Waals surface area contributed by atoms with E-state index in [2.05, 4.69) is 25.3 Å². The summed E-state index contributed by atoms with van der Waals surface area (Å²) in [6.07, 6.45) is -4.69. The Bertz CT molecular complexity index is 724. The monoisotopic (exact) mass is 356 g/mol. The quantitative estimate of drug-likeness (QED) is 0.863. The molecule has 25 heavy (non-hydrogen) atoms. The Kier molecular flexibility index (Phi) is 5.00. The van der Waals surface area contributed by atoms with Crippen LogP contribution in [-0.2, 0) is 10.9 Å². The second-order valence-electron chi connectivity index (χ2n) is 5.43. The zero-order chi connectivity index (χ0) is 17.9. The molecule has 1 fully saturated rings. The van der Waals surface area contributed by atoms with Gasteiger partial charge in [-0.15, -0.1) is 0 Å². The number of amides is 1. The zero-order valence-electron chi connectivity index (χ0n) is 13.0. The molecule has 2 heterocycles. The number of aromatic nitrogens is 2. The Morgan fingerprint density at radius 1 is 1.32 bits per heavy atom. The number of alkyl halides is 3. The molecule has 7 nitrogen and oxygen atoms in total. The van der Waals surface area contributed by atoms with Crippen LogP contribution in [0.15, 0.2) is 28.8 Å². The van der Waals surface area contributed by atoms with Crippen LogP contribution in [0.4, 0.5) is 13.2 Å². The van der Waals surface area contributed by atoms with Crippen molar-refractivity contribution < 1.29 is 27.2 Å². The van der Waals surface area contributed by atoms with Crippen molar-refractivity contribution in [2.24, 2.45) is 0 Å². The van der Waals surface area contributed by atoms with E-state index in [4.69, 9.17) is 4.74 Å². The van der Waals surface area contributed by atoms with E-state index in [0.717, 1.165) is 6.54 Å². The molecule has 0 aliphatic carbocycles. The van der Waals surface area contributed by atoms with E-state index in [-0.39, 0.29) is 17.8 Å². The topological polar surface area (TPSA) is 89.3 Å². The van der Waals surface area contributed by atoms with Gasteiger partial charge in [0.15, 0.2) is 0 Å². The predicted molar refractivity (Wildman–Crippen MR) is 79.7 cm³/mol. The molecule has 0 saturated carbocycles. The maximum atomic E-state index is 12.5. The molecule has 1 amide bonds. The smallest absolute Gasteiger partial charge is 0.378 e. The number of carbonyl (C=O) groups is 1. The van der Waals surface area contributed by atoms with Gasteiger partial charge in [-0.05, 0) is 12.1 Å². The number of benzene rings is 1. The first kappa shape index (κ1) is 17.4. The number of hydrogen-bond acceptors (Lipinski definition) is 6. The fraction of sp³-hybridized carbons (Fsp3) is 0.400. The summed E-state index contributed by atoms with van der Waals surface area (Å²) in [4.78, 5) is 15.4. The lowest BCUT2D eigenvalue weighted by molar-refractivity contribution is -0.159. The molecule has 134 valence electrons. The fourth-order valence-corrected chi connectivity index (χ4v) is 2.30. The SMILES string of the molecule is O=C(NC[C@@H]1COCCN1)c1ccc(-c2noc(C(F)(F)F)n2)cc1. The number of nitrogens with one attached hydrogen (secondary N) is 2. The van der Waals surface area contributed by atoms with E-state index >= 15 is 0 Å². The molecule has 2 aromatic rings. The van der Waals surface area contributed by atoms with E-state index in [1.165, 1.54) is 24.3 Å². The highest BCUT2D eigenvalue weighted by Crippen LogP contribution is 2.29. The van der Waals surface area contributed by atoms with Gasteiger partial charge in [0.25, 0.3) is 5.91 Å². The molecule has 0 bridgehead atoms. The second-order valence-corrected chi connectivity index (χ2v) is 5.43. The first-order valence-electron chi connectivity index (χ1n) is 7.54. The van der Waals surface area contributed by atoms with Gasteiger partial charge in [-0.25, -0.2) is 0 Å². The largest absolute Gasteiger partial charge is 0.471 e. The Balaban J connectivity index is 1.61. The van der Waals surface area contributed by atoms with Crippen LogP contribution in [0.3, 0.4) is 0 Å². The molecular weight excluding hydrogens is 341 g/mol. The number of carbonyl (C=O) groups excluding carboxylic acids is 1. The third kappa shape index (κ3) is 4.34. The maximum Gasteiger partial charge on any atom is 0.471 e. The van der Waals surface area contributed by atoms with Crippen molar-refractivity contribution in [1.29, 1.82) is 0 Å². The normalized spacial score (nSPS) is 18.1.